The highest BCUT2D eigenvalue weighted by molar-refractivity contribution is 5.96. The zero-order valence-electron chi connectivity index (χ0n) is 11.3. The molecule has 4 nitrogen and oxygen atoms in total. The number of aliphatic carboxylic acids is 1. The van der Waals surface area contributed by atoms with Gasteiger partial charge in [-0.1, -0.05) is 25.1 Å². The van der Waals surface area contributed by atoms with Crippen molar-refractivity contribution >= 4 is 11.9 Å². The molecule has 2 rings (SSSR count). The normalized spacial score (nSPS) is 15.9. The minimum absolute atomic E-state index is 0.0475. The van der Waals surface area contributed by atoms with Gasteiger partial charge in [-0.05, 0) is 31.4 Å². The minimum atomic E-state index is -0.858. The third-order valence-corrected chi connectivity index (χ3v) is 3.52. The second-order valence-electron chi connectivity index (χ2n) is 5.24. The summed E-state index contributed by atoms with van der Waals surface area (Å²) < 4.78 is 0. The highest BCUT2D eigenvalue weighted by atomic mass is 16.4. The van der Waals surface area contributed by atoms with Crippen LogP contribution in [0.25, 0.3) is 0 Å². The molecule has 0 heterocycles. The van der Waals surface area contributed by atoms with Crippen LogP contribution in [0.3, 0.4) is 0 Å². The van der Waals surface area contributed by atoms with E-state index in [2.05, 4.69) is 0 Å². The Kier molecular flexibility index (Phi) is 3.88. The minimum Gasteiger partial charge on any atom is -0.481 e. The summed E-state index contributed by atoms with van der Waals surface area (Å²) in [6.07, 6.45) is 1.95. The van der Waals surface area contributed by atoms with Crippen LogP contribution in [0.1, 0.15) is 35.7 Å². The van der Waals surface area contributed by atoms with E-state index < -0.39 is 11.9 Å². The topological polar surface area (TPSA) is 57.6 Å². The quantitative estimate of drug-likeness (QED) is 0.885. The van der Waals surface area contributed by atoms with Crippen LogP contribution in [0, 0.1) is 12.8 Å². The van der Waals surface area contributed by atoms with Gasteiger partial charge < -0.3 is 10.0 Å². The lowest BCUT2D eigenvalue weighted by molar-refractivity contribution is -0.141. The molecule has 0 aliphatic heterocycles. The Morgan fingerprint density at radius 1 is 1.37 bits per heavy atom. The molecule has 1 aromatic carbocycles. The second kappa shape index (κ2) is 5.43. The number of carbonyl (C=O) groups excluding carboxylic acids is 1. The first-order chi connectivity index (χ1) is 9.00. The number of carboxylic acids is 1. The lowest BCUT2D eigenvalue weighted by Gasteiger charge is -2.25. The standard InChI is InChI=1S/C15H19NO3/c1-10-5-3-4-6-13(10)14(17)16(12-7-8-12)9-11(2)15(18)19/h3-6,11-12H,7-9H2,1-2H3,(H,18,19). The second-order valence-corrected chi connectivity index (χ2v) is 5.24. The van der Waals surface area contributed by atoms with Gasteiger partial charge >= 0.3 is 5.97 Å². The van der Waals surface area contributed by atoms with Crippen LogP contribution < -0.4 is 0 Å². The van der Waals surface area contributed by atoms with Crippen LogP contribution in [-0.4, -0.2) is 34.5 Å². The molecule has 0 aromatic heterocycles. The molecule has 1 fully saturated rings. The lowest BCUT2D eigenvalue weighted by atomic mass is 10.1. The molecule has 4 heteroatoms. The van der Waals surface area contributed by atoms with Crippen molar-refractivity contribution in [2.45, 2.75) is 32.7 Å². The van der Waals surface area contributed by atoms with Gasteiger partial charge in [-0.3, -0.25) is 9.59 Å². The number of aryl methyl sites for hydroxylation is 1. The van der Waals surface area contributed by atoms with Gasteiger partial charge in [0, 0.05) is 18.2 Å². The van der Waals surface area contributed by atoms with Crippen LogP contribution in [0.2, 0.25) is 0 Å². The number of amides is 1. The SMILES string of the molecule is Cc1ccccc1C(=O)N(CC(C)C(=O)O)C1CC1. The summed E-state index contributed by atoms with van der Waals surface area (Å²) in [4.78, 5) is 25.2. The van der Waals surface area contributed by atoms with Crippen molar-refractivity contribution in [2.75, 3.05) is 6.54 Å². The molecule has 0 radical (unpaired) electrons. The fraction of sp³-hybridized carbons (Fsp3) is 0.467. The average Bonchev–Trinajstić information content (AvgIpc) is 3.19. The van der Waals surface area contributed by atoms with Crippen molar-refractivity contribution in [2.24, 2.45) is 5.92 Å². The van der Waals surface area contributed by atoms with E-state index in [1.807, 2.05) is 25.1 Å². The number of carboxylic acid groups (broad SMARTS) is 1. The van der Waals surface area contributed by atoms with Gasteiger partial charge in [0.25, 0.3) is 5.91 Å². The van der Waals surface area contributed by atoms with Crippen LogP contribution in [0.5, 0.6) is 0 Å². The summed E-state index contributed by atoms with van der Waals surface area (Å²) in [6.45, 7) is 3.83. The molecule has 1 aliphatic carbocycles. The number of nitrogens with zero attached hydrogens (tertiary/aromatic N) is 1. The van der Waals surface area contributed by atoms with E-state index in [9.17, 15) is 9.59 Å². The largest absolute Gasteiger partial charge is 0.481 e. The van der Waals surface area contributed by atoms with E-state index in [0.29, 0.717) is 5.56 Å². The molecule has 1 saturated carbocycles. The molecule has 1 amide bonds. The van der Waals surface area contributed by atoms with Crippen molar-refractivity contribution < 1.29 is 14.7 Å². The summed E-state index contributed by atoms with van der Waals surface area (Å²) >= 11 is 0. The smallest absolute Gasteiger partial charge is 0.308 e. The van der Waals surface area contributed by atoms with Crippen molar-refractivity contribution in [1.82, 2.24) is 4.90 Å². The molecular formula is C15H19NO3. The number of hydrogen-bond donors (Lipinski definition) is 1. The Hall–Kier alpha value is -1.84. The maximum atomic E-state index is 12.5. The van der Waals surface area contributed by atoms with Gasteiger partial charge in [0.2, 0.25) is 0 Å². The zero-order valence-corrected chi connectivity index (χ0v) is 11.3. The number of carbonyl (C=O) groups is 2. The summed E-state index contributed by atoms with van der Waals surface area (Å²) in [5.74, 6) is -1.44. The van der Waals surface area contributed by atoms with Gasteiger partial charge in [0.05, 0.1) is 5.92 Å². The molecule has 1 unspecified atom stereocenters. The van der Waals surface area contributed by atoms with E-state index in [4.69, 9.17) is 5.11 Å². The predicted octanol–water partition coefficient (Wildman–Crippen LogP) is 2.32. The van der Waals surface area contributed by atoms with Gasteiger partial charge in [-0.25, -0.2) is 0 Å². The molecule has 1 aliphatic rings. The first kappa shape index (κ1) is 13.6. The van der Waals surface area contributed by atoms with Crippen LogP contribution >= 0.6 is 0 Å². The van der Waals surface area contributed by atoms with Gasteiger partial charge in [0.1, 0.15) is 0 Å². The van der Waals surface area contributed by atoms with Gasteiger partial charge in [-0.2, -0.15) is 0 Å². The van der Waals surface area contributed by atoms with E-state index in [0.717, 1.165) is 18.4 Å². The number of hydrogen-bond acceptors (Lipinski definition) is 2. The summed E-state index contributed by atoms with van der Waals surface area (Å²) in [6, 6.07) is 7.66. The highest BCUT2D eigenvalue weighted by Crippen LogP contribution is 2.29. The molecule has 0 saturated heterocycles. The summed E-state index contributed by atoms with van der Waals surface area (Å²) in [5.41, 5.74) is 1.60. The zero-order chi connectivity index (χ0) is 14.0. The Balaban J connectivity index is 2.18. The Labute approximate surface area is 113 Å². The third-order valence-electron chi connectivity index (χ3n) is 3.52. The monoisotopic (exact) mass is 261 g/mol. The maximum absolute atomic E-state index is 12.5. The lowest BCUT2D eigenvalue weighted by Crippen LogP contribution is -2.38. The van der Waals surface area contributed by atoms with E-state index >= 15 is 0 Å². The molecular weight excluding hydrogens is 242 g/mol. The van der Waals surface area contributed by atoms with Crippen molar-refractivity contribution in [1.29, 1.82) is 0 Å². The van der Waals surface area contributed by atoms with Crippen molar-refractivity contribution in [3.8, 4) is 0 Å². The van der Waals surface area contributed by atoms with Crippen LogP contribution in [0.4, 0.5) is 0 Å². The van der Waals surface area contributed by atoms with Crippen molar-refractivity contribution in [3.63, 3.8) is 0 Å². The molecule has 0 bridgehead atoms. The molecule has 19 heavy (non-hydrogen) atoms. The highest BCUT2D eigenvalue weighted by Gasteiger charge is 2.35. The van der Waals surface area contributed by atoms with Crippen LogP contribution in [-0.2, 0) is 4.79 Å². The van der Waals surface area contributed by atoms with Gasteiger partial charge in [0.15, 0.2) is 0 Å². The first-order valence-electron chi connectivity index (χ1n) is 6.60. The molecule has 1 atom stereocenters. The van der Waals surface area contributed by atoms with E-state index in [1.54, 1.807) is 17.9 Å². The van der Waals surface area contributed by atoms with Crippen molar-refractivity contribution in [3.05, 3.63) is 35.4 Å². The third kappa shape index (κ3) is 3.13. The first-order valence-corrected chi connectivity index (χ1v) is 6.60. The number of rotatable bonds is 5. The summed E-state index contributed by atoms with van der Waals surface area (Å²) in [7, 11) is 0. The van der Waals surface area contributed by atoms with Crippen LogP contribution in [0.15, 0.2) is 24.3 Å². The maximum Gasteiger partial charge on any atom is 0.308 e. The fourth-order valence-corrected chi connectivity index (χ4v) is 2.12. The van der Waals surface area contributed by atoms with E-state index in [1.165, 1.54) is 0 Å². The van der Waals surface area contributed by atoms with Gasteiger partial charge in [-0.15, -0.1) is 0 Å². The summed E-state index contributed by atoms with van der Waals surface area (Å²) in [5, 5.41) is 9.00. The predicted molar refractivity (Wildman–Crippen MR) is 72.0 cm³/mol. The molecule has 0 spiro atoms. The van der Waals surface area contributed by atoms with E-state index in [-0.39, 0.29) is 18.5 Å². The fourth-order valence-electron chi connectivity index (χ4n) is 2.12. The molecule has 102 valence electrons. The number of benzene rings is 1. The Morgan fingerprint density at radius 3 is 2.53 bits per heavy atom. The molecule has 1 N–H and O–H groups in total. The Morgan fingerprint density at radius 2 is 2.00 bits per heavy atom. The Bertz CT molecular complexity index is 494. The molecule has 1 aromatic rings. The average molecular weight is 261 g/mol.